The number of methoxy groups -OCH3 is 3. The monoisotopic (exact) mass is 351 g/mol. The van der Waals surface area contributed by atoms with Gasteiger partial charge in [-0.15, -0.1) is 0 Å². The van der Waals surface area contributed by atoms with Crippen LogP contribution in [0.1, 0.15) is 29.3 Å². The predicted octanol–water partition coefficient (Wildman–Crippen LogP) is 2.87. The second kappa shape index (κ2) is 6.24. The molecule has 1 unspecified atom stereocenters. The van der Waals surface area contributed by atoms with E-state index in [2.05, 4.69) is 15.5 Å². The van der Waals surface area contributed by atoms with Crippen LogP contribution < -0.4 is 19.5 Å². The molecule has 1 aliphatic heterocycles. The van der Waals surface area contributed by atoms with Crippen molar-refractivity contribution in [2.45, 2.75) is 19.3 Å². The molecular weight excluding hydrogens is 334 g/mol. The Morgan fingerprint density at radius 2 is 1.92 bits per heavy atom. The number of amides is 1. The van der Waals surface area contributed by atoms with Crippen molar-refractivity contribution in [3.8, 4) is 17.2 Å². The molecule has 8 heteroatoms. The van der Waals surface area contributed by atoms with Gasteiger partial charge in [-0.25, -0.2) is 0 Å². The first-order valence-corrected chi connectivity index (χ1v) is 7.72. The molecule has 0 fully saturated rings. The smallest absolute Gasteiger partial charge is 0.225 e. The van der Waals surface area contributed by atoms with E-state index in [9.17, 15) is 4.79 Å². The summed E-state index contributed by atoms with van der Waals surface area (Å²) in [7, 11) is 4.61. The Balaban J connectivity index is 2.27. The van der Waals surface area contributed by atoms with Crippen molar-refractivity contribution in [1.29, 1.82) is 0 Å². The van der Waals surface area contributed by atoms with Gasteiger partial charge in [0.25, 0.3) is 0 Å². The fraction of sp³-hybridized carbons (Fsp3) is 0.375. The third-order valence-electron chi connectivity index (χ3n) is 4.11. The van der Waals surface area contributed by atoms with Crippen molar-refractivity contribution in [2.75, 3.05) is 26.6 Å². The number of fused-ring (bicyclic) bond motifs is 1. The molecule has 1 amide bonds. The van der Waals surface area contributed by atoms with Crippen molar-refractivity contribution >= 4 is 23.2 Å². The van der Waals surface area contributed by atoms with Crippen LogP contribution in [0.5, 0.6) is 17.2 Å². The molecule has 0 spiro atoms. The zero-order chi connectivity index (χ0) is 17.4. The Morgan fingerprint density at radius 1 is 1.21 bits per heavy atom. The van der Waals surface area contributed by atoms with Crippen LogP contribution in [0.4, 0.5) is 5.69 Å². The Labute approximate surface area is 144 Å². The van der Waals surface area contributed by atoms with Crippen LogP contribution in [-0.4, -0.2) is 37.4 Å². The van der Waals surface area contributed by atoms with E-state index in [1.54, 1.807) is 13.2 Å². The molecule has 0 bridgehead atoms. The van der Waals surface area contributed by atoms with Crippen LogP contribution in [0.15, 0.2) is 6.07 Å². The summed E-state index contributed by atoms with van der Waals surface area (Å²) in [6.07, 6.45) is 0.211. The number of carbonyl (C=O) groups excluding carboxylic acids is 1. The number of ether oxygens (including phenoxy) is 3. The van der Waals surface area contributed by atoms with E-state index in [0.717, 1.165) is 11.3 Å². The third-order valence-corrected chi connectivity index (χ3v) is 4.59. The highest BCUT2D eigenvalue weighted by atomic mass is 35.5. The molecule has 1 atom stereocenters. The van der Waals surface area contributed by atoms with Crippen LogP contribution >= 0.6 is 11.6 Å². The van der Waals surface area contributed by atoms with Gasteiger partial charge in [0.15, 0.2) is 11.5 Å². The SMILES string of the molecule is COc1cc2c(c(OC)c1OC)C(c1n[nH]c(C)c1Cl)CC(=O)N2. The van der Waals surface area contributed by atoms with E-state index >= 15 is 0 Å². The summed E-state index contributed by atoms with van der Waals surface area (Å²) in [6, 6.07) is 1.72. The van der Waals surface area contributed by atoms with Crippen LogP contribution in [0.25, 0.3) is 0 Å². The first kappa shape index (κ1) is 16.4. The lowest BCUT2D eigenvalue weighted by atomic mass is 9.86. The number of carbonyl (C=O) groups is 1. The highest BCUT2D eigenvalue weighted by Gasteiger charge is 2.36. The summed E-state index contributed by atoms with van der Waals surface area (Å²) in [4.78, 5) is 12.2. The van der Waals surface area contributed by atoms with Crippen molar-refractivity contribution in [2.24, 2.45) is 0 Å². The van der Waals surface area contributed by atoms with Gasteiger partial charge in [-0.3, -0.25) is 9.89 Å². The zero-order valence-corrected chi connectivity index (χ0v) is 14.6. The standard InChI is InChI=1S/C16H18ClN3O4/c1-7-13(17)14(20-19-7)8-5-11(21)18-9-6-10(22-2)15(23-3)16(24-4)12(8)9/h6,8H,5H2,1-4H3,(H,18,21)(H,19,20). The number of H-pyrrole nitrogens is 1. The first-order chi connectivity index (χ1) is 11.5. The van der Waals surface area contributed by atoms with Crippen molar-refractivity contribution in [3.63, 3.8) is 0 Å². The maximum Gasteiger partial charge on any atom is 0.225 e. The normalized spacial score (nSPS) is 16.4. The number of aryl methyl sites for hydroxylation is 1. The Kier molecular flexibility index (Phi) is 4.28. The molecule has 2 aromatic rings. The van der Waals surface area contributed by atoms with Gasteiger partial charge in [0, 0.05) is 24.0 Å². The number of anilines is 1. The molecule has 1 aromatic carbocycles. The number of nitrogens with one attached hydrogen (secondary N) is 2. The minimum Gasteiger partial charge on any atom is -0.493 e. The lowest BCUT2D eigenvalue weighted by molar-refractivity contribution is -0.116. The van der Waals surface area contributed by atoms with Crippen LogP contribution in [-0.2, 0) is 4.79 Å². The molecule has 2 N–H and O–H groups in total. The van der Waals surface area contributed by atoms with Crippen molar-refractivity contribution in [1.82, 2.24) is 10.2 Å². The maximum atomic E-state index is 12.2. The largest absolute Gasteiger partial charge is 0.493 e. The molecule has 7 nitrogen and oxygen atoms in total. The number of aromatic amines is 1. The van der Waals surface area contributed by atoms with E-state index < -0.39 is 0 Å². The van der Waals surface area contributed by atoms with Crippen molar-refractivity contribution in [3.05, 3.63) is 28.0 Å². The molecule has 3 rings (SSSR count). The van der Waals surface area contributed by atoms with E-state index in [1.165, 1.54) is 14.2 Å². The molecule has 2 heterocycles. The van der Waals surface area contributed by atoms with Gasteiger partial charge < -0.3 is 19.5 Å². The fourth-order valence-corrected chi connectivity index (χ4v) is 3.23. The molecule has 1 aliphatic rings. The summed E-state index contributed by atoms with van der Waals surface area (Å²) in [6.45, 7) is 1.83. The summed E-state index contributed by atoms with van der Waals surface area (Å²) in [5.74, 6) is 0.953. The van der Waals surface area contributed by atoms with E-state index in [1.807, 2.05) is 6.92 Å². The Bertz CT molecular complexity index is 803. The average molecular weight is 352 g/mol. The van der Waals surface area contributed by atoms with Crippen LogP contribution in [0.3, 0.4) is 0 Å². The van der Waals surface area contributed by atoms with Crippen LogP contribution in [0, 0.1) is 6.92 Å². The number of nitrogens with zero attached hydrogens (tertiary/aromatic N) is 1. The lowest BCUT2D eigenvalue weighted by Crippen LogP contribution is -2.25. The van der Waals surface area contributed by atoms with Gasteiger partial charge in [-0.1, -0.05) is 11.6 Å². The first-order valence-electron chi connectivity index (χ1n) is 7.34. The quantitative estimate of drug-likeness (QED) is 0.884. The second-order valence-corrected chi connectivity index (χ2v) is 5.84. The summed E-state index contributed by atoms with van der Waals surface area (Å²) >= 11 is 6.36. The van der Waals surface area contributed by atoms with Gasteiger partial charge in [0.2, 0.25) is 11.7 Å². The summed E-state index contributed by atoms with van der Waals surface area (Å²) in [5.41, 5.74) is 2.72. The third kappa shape index (κ3) is 2.45. The molecule has 128 valence electrons. The molecule has 1 aromatic heterocycles. The Morgan fingerprint density at radius 3 is 2.46 bits per heavy atom. The number of rotatable bonds is 4. The predicted molar refractivity (Wildman–Crippen MR) is 89.5 cm³/mol. The highest BCUT2D eigenvalue weighted by molar-refractivity contribution is 6.32. The minimum absolute atomic E-state index is 0.126. The van der Waals surface area contributed by atoms with E-state index in [0.29, 0.717) is 33.7 Å². The molecule has 0 saturated heterocycles. The van der Waals surface area contributed by atoms with Crippen LogP contribution in [0.2, 0.25) is 5.02 Å². The maximum absolute atomic E-state index is 12.2. The van der Waals surface area contributed by atoms with E-state index in [4.69, 9.17) is 25.8 Å². The number of halogens is 1. The topological polar surface area (TPSA) is 85.5 Å². The molecule has 24 heavy (non-hydrogen) atoms. The summed E-state index contributed by atoms with van der Waals surface area (Å²) < 4.78 is 16.4. The van der Waals surface area contributed by atoms with E-state index in [-0.39, 0.29) is 18.2 Å². The fourth-order valence-electron chi connectivity index (χ4n) is 3.02. The lowest BCUT2D eigenvalue weighted by Gasteiger charge is -2.28. The Hall–Kier alpha value is -2.41. The molecule has 0 radical (unpaired) electrons. The average Bonchev–Trinajstić information content (AvgIpc) is 2.91. The minimum atomic E-state index is -0.346. The van der Waals surface area contributed by atoms with Gasteiger partial charge in [0.1, 0.15) is 0 Å². The number of hydrogen-bond donors (Lipinski definition) is 2. The van der Waals surface area contributed by atoms with Gasteiger partial charge in [-0.05, 0) is 6.92 Å². The van der Waals surface area contributed by atoms with Gasteiger partial charge in [0.05, 0.1) is 43.4 Å². The number of hydrogen-bond acceptors (Lipinski definition) is 5. The number of aromatic nitrogens is 2. The molecule has 0 saturated carbocycles. The van der Waals surface area contributed by atoms with Gasteiger partial charge >= 0.3 is 0 Å². The second-order valence-electron chi connectivity index (χ2n) is 5.46. The van der Waals surface area contributed by atoms with Gasteiger partial charge in [-0.2, -0.15) is 5.10 Å². The molecular formula is C16H18ClN3O4. The zero-order valence-electron chi connectivity index (χ0n) is 13.8. The van der Waals surface area contributed by atoms with Crippen molar-refractivity contribution < 1.29 is 19.0 Å². The molecule has 0 aliphatic carbocycles. The number of benzene rings is 1. The highest BCUT2D eigenvalue weighted by Crippen LogP contribution is 2.51. The summed E-state index contributed by atoms with van der Waals surface area (Å²) in [5, 5.41) is 10.5.